The lowest BCUT2D eigenvalue weighted by Crippen LogP contribution is -2.41. The SMILES string of the molecule is CN=C(NCCc1ccc(Oc2ccc(OC)cc2)cc1)N1CCC(Cc2cnn(C)c2)C1.I. The first-order valence-electron chi connectivity index (χ1n) is 11.5. The van der Waals surface area contributed by atoms with E-state index in [1.807, 2.05) is 61.4 Å². The molecule has 0 radical (unpaired) electrons. The van der Waals surface area contributed by atoms with Crippen molar-refractivity contribution in [2.45, 2.75) is 19.3 Å². The molecule has 1 aliphatic heterocycles. The minimum atomic E-state index is 0. The number of benzene rings is 2. The molecule has 1 aromatic heterocycles. The highest BCUT2D eigenvalue weighted by molar-refractivity contribution is 14.0. The number of aryl methyl sites for hydroxylation is 1. The molecule has 3 aromatic rings. The second-order valence-corrected chi connectivity index (χ2v) is 8.47. The maximum atomic E-state index is 5.91. The average Bonchev–Trinajstić information content (AvgIpc) is 3.47. The Hall–Kier alpha value is -2.75. The quantitative estimate of drug-likeness (QED) is 0.243. The Morgan fingerprint density at radius 3 is 2.35 bits per heavy atom. The molecule has 2 aromatic carbocycles. The van der Waals surface area contributed by atoms with Crippen LogP contribution in [0.2, 0.25) is 0 Å². The lowest BCUT2D eigenvalue weighted by molar-refractivity contribution is 0.413. The molecule has 1 unspecified atom stereocenters. The van der Waals surface area contributed by atoms with Crippen LogP contribution in [-0.2, 0) is 19.9 Å². The number of nitrogens with one attached hydrogen (secondary N) is 1. The van der Waals surface area contributed by atoms with Crippen molar-refractivity contribution in [2.75, 3.05) is 33.8 Å². The van der Waals surface area contributed by atoms with Crippen molar-refractivity contribution >= 4 is 29.9 Å². The zero-order valence-electron chi connectivity index (χ0n) is 20.1. The molecular formula is C26H34IN5O2. The van der Waals surface area contributed by atoms with Crippen LogP contribution in [0.5, 0.6) is 17.2 Å². The van der Waals surface area contributed by atoms with Gasteiger partial charge in [0.15, 0.2) is 5.96 Å². The van der Waals surface area contributed by atoms with Gasteiger partial charge in [0.1, 0.15) is 17.2 Å². The largest absolute Gasteiger partial charge is 0.497 e. The molecule has 2 heterocycles. The van der Waals surface area contributed by atoms with Crippen molar-refractivity contribution in [3.05, 3.63) is 72.1 Å². The van der Waals surface area contributed by atoms with Gasteiger partial charge in [-0.3, -0.25) is 9.67 Å². The van der Waals surface area contributed by atoms with Crippen molar-refractivity contribution < 1.29 is 9.47 Å². The fourth-order valence-corrected chi connectivity index (χ4v) is 4.26. The molecule has 1 saturated heterocycles. The molecule has 8 heteroatoms. The maximum absolute atomic E-state index is 5.91. The summed E-state index contributed by atoms with van der Waals surface area (Å²) in [5, 5.41) is 7.82. The van der Waals surface area contributed by atoms with Gasteiger partial charge >= 0.3 is 0 Å². The van der Waals surface area contributed by atoms with Crippen LogP contribution in [-0.4, -0.2) is 54.4 Å². The number of rotatable bonds is 8. The second kappa shape index (κ2) is 12.6. The summed E-state index contributed by atoms with van der Waals surface area (Å²) in [6, 6.07) is 15.8. The Labute approximate surface area is 219 Å². The number of hydrogen-bond acceptors (Lipinski definition) is 4. The number of halogens is 1. The molecule has 0 aliphatic carbocycles. The van der Waals surface area contributed by atoms with E-state index in [4.69, 9.17) is 9.47 Å². The van der Waals surface area contributed by atoms with Crippen LogP contribution in [0.15, 0.2) is 65.9 Å². The van der Waals surface area contributed by atoms with E-state index in [2.05, 4.69) is 38.6 Å². The third kappa shape index (κ3) is 7.12. The summed E-state index contributed by atoms with van der Waals surface area (Å²) >= 11 is 0. The van der Waals surface area contributed by atoms with Crippen LogP contribution in [0.4, 0.5) is 0 Å². The highest BCUT2D eigenvalue weighted by atomic mass is 127. The van der Waals surface area contributed by atoms with Gasteiger partial charge in [-0.05, 0) is 72.7 Å². The summed E-state index contributed by atoms with van der Waals surface area (Å²) < 4.78 is 13.0. The standard InChI is InChI=1S/C26H33N5O2.HI/c1-27-26(31-15-13-21(19-31)16-22-17-29-30(2)18-22)28-14-12-20-4-6-24(7-5-20)33-25-10-8-23(32-3)9-11-25;/h4-11,17-18,21H,12-16,19H2,1-3H3,(H,27,28);1H. The van der Waals surface area contributed by atoms with Gasteiger partial charge in [0, 0.05) is 39.9 Å². The normalized spacial score (nSPS) is 15.7. The Kier molecular flexibility index (Phi) is 9.62. The number of aromatic nitrogens is 2. The van der Waals surface area contributed by atoms with E-state index in [-0.39, 0.29) is 24.0 Å². The molecule has 1 N–H and O–H groups in total. The highest BCUT2D eigenvalue weighted by Crippen LogP contribution is 2.24. The third-order valence-corrected chi connectivity index (χ3v) is 6.00. The van der Waals surface area contributed by atoms with E-state index in [0.717, 1.165) is 55.7 Å². The molecule has 182 valence electrons. The molecule has 0 bridgehead atoms. The van der Waals surface area contributed by atoms with Crippen LogP contribution in [0.25, 0.3) is 0 Å². The molecule has 0 spiro atoms. The third-order valence-electron chi connectivity index (χ3n) is 6.00. The monoisotopic (exact) mass is 575 g/mol. The first-order valence-corrected chi connectivity index (χ1v) is 11.5. The van der Waals surface area contributed by atoms with Crippen LogP contribution >= 0.6 is 24.0 Å². The van der Waals surface area contributed by atoms with E-state index in [0.29, 0.717) is 5.92 Å². The van der Waals surface area contributed by atoms with E-state index >= 15 is 0 Å². The minimum absolute atomic E-state index is 0. The number of nitrogens with zero attached hydrogens (tertiary/aromatic N) is 4. The van der Waals surface area contributed by atoms with Gasteiger partial charge in [0.2, 0.25) is 0 Å². The molecule has 7 nitrogen and oxygen atoms in total. The van der Waals surface area contributed by atoms with Crippen molar-refractivity contribution in [1.82, 2.24) is 20.0 Å². The predicted octanol–water partition coefficient (Wildman–Crippen LogP) is 4.52. The molecule has 34 heavy (non-hydrogen) atoms. The van der Waals surface area contributed by atoms with Crippen molar-refractivity contribution in [1.29, 1.82) is 0 Å². The topological polar surface area (TPSA) is 63.9 Å². The fourth-order valence-electron chi connectivity index (χ4n) is 4.26. The summed E-state index contributed by atoms with van der Waals surface area (Å²) in [5.74, 6) is 4.07. The van der Waals surface area contributed by atoms with Crippen molar-refractivity contribution in [3.8, 4) is 17.2 Å². The number of methoxy groups -OCH3 is 1. The molecule has 0 amide bonds. The lowest BCUT2D eigenvalue weighted by Gasteiger charge is -2.21. The highest BCUT2D eigenvalue weighted by Gasteiger charge is 2.25. The van der Waals surface area contributed by atoms with E-state index < -0.39 is 0 Å². The van der Waals surface area contributed by atoms with E-state index in [1.165, 1.54) is 17.5 Å². The van der Waals surface area contributed by atoms with E-state index in [9.17, 15) is 0 Å². The van der Waals surface area contributed by atoms with Gasteiger partial charge in [-0.25, -0.2) is 0 Å². The van der Waals surface area contributed by atoms with Gasteiger partial charge < -0.3 is 19.7 Å². The molecule has 1 atom stereocenters. The van der Waals surface area contributed by atoms with Crippen LogP contribution in [0.1, 0.15) is 17.5 Å². The zero-order chi connectivity index (χ0) is 23.0. The van der Waals surface area contributed by atoms with Crippen molar-refractivity contribution in [2.24, 2.45) is 18.0 Å². The van der Waals surface area contributed by atoms with Gasteiger partial charge in [0.05, 0.1) is 13.3 Å². The Morgan fingerprint density at radius 2 is 1.74 bits per heavy atom. The Balaban J connectivity index is 0.00000324. The number of hydrogen-bond donors (Lipinski definition) is 1. The summed E-state index contributed by atoms with van der Waals surface area (Å²) in [5.41, 5.74) is 2.57. The average molecular weight is 575 g/mol. The van der Waals surface area contributed by atoms with Gasteiger partial charge in [-0.1, -0.05) is 12.1 Å². The first kappa shape index (κ1) is 25.9. The van der Waals surface area contributed by atoms with Crippen LogP contribution < -0.4 is 14.8 Å². The van der Waals surface area contributed by atoms with Crippen molar-refractivity contribution in [3.63, 3.8) is 0 Å². The number of ether oxygens (including phenoxy) is 2. The number of guanidine groups is 1. The summed E-state index contributed by atoms with van der Waals surface area (Å²) in [6.45, 7) is 2.92. The predicted molar refractivity (Wildman–Crippen MR) is 147 cm³/mol. The summed E-state index contributed by atoms with van der Waals surface area (Å²) in [7, 11) is 5.49. The molecule has 1 aliphatic rings. The van der Waals surface area contributed by atoms with Crippen LogP contribution in [0, 0.1) is 5.92 Å². The maximum Gasteiger partial charge on any atom is 0.193 e. The van der Waals surface area contributed by atoms with Gasteiger partial charge in [0.25, 0.3) is 0 Å². The zero-order valence-corrected chi connectivity index (χ0v) is 22.4. The lowest BCUT2D eigenvalue weighted by atomic mass is 10.0. The molecular weight excluding hydrogens is 541 g/mol. The smallest absolute Gasteiger partial charge is 0.193 e. The minimum Gasteiger partial charge on any atom is -0.497 e. The first-order chi connectivity index (χ1) is 16.1. The molecule has 4 rings (SSSR count). The summed E-state index contributed by atoms with van der Waals surface area (Å²) in [4.78, 5) is 6.87. The Morgan fingerprint density at radius 1 is 1.06 bits per heavy atom. The summed E-state index contributed by atoms with van der Waals surface area (Å²) in [6.07, 6.45) is 7.28. The van der Waals surface area contributed by atoms with Gasteiger partial charge in [-0.15, -0.1) is 24.0 Å². The molecule has 0 saturated carbocycles. The second-order valence-electron chi connectivity index (χ2n) is 8.47. The van der Waals surface area contributed by atoms with Crippen LogP contribution in [0.3, 0.4) is 0 Å². The number of aliphatic imine (C=N–C) groups is 1. The fraction of sp³-hybridized carbons (Fsp3) is 0.385. The Bertz CT molecular complexity index is 1050. The number of likely N-dealkylation sites (tertiary alicyclic amines) is 1. The van der Waals surface area contributed by atoms with E-state index in [1.54, 1.807) is 7.11 Å². The molecule has 1 fully saturated rings. The van der Waals surface area contributed by atoms with Gasteiger partial charge in [-0.2, -0.15) is 5.10 Å².